The Bertz CT molecular complexity index is 1470. The first-order valence-corrected chi connectivity index (χ1v) is 12.4. The van der Waals surface area contributed by atoms with E-state index in [2.05, 4.69) is 4.98 Å². The summed E-state index contributed by atoms with van der Waals surface area (Å²) in [6.07, 6.45) is 4.75. The molecule has 0 bridgehead atoms. The van der Waals surface area contributed by atoms with Gasteiger partial charge in [-0.3, -0.25) is 0 Å². The molecule has 34 heavy (non-hydrogen) atoms. The number of methoxy groups -OCH3 is 1. The maximum atomic E-state index is 13.1. The highest BCUT2D eigenvalue weighted by atomic mass is 32.2. The number of aromatic nitrogens is 3. The molecule has 0 saturated carbocycles. The molecule has 10 heteroatoms. The fourth-order valence-electron chi connectivity index (χ4n) is 4.50. The summed E-state index contributed by atoms with van der Waals surface area (Å²) in [4.78, 5) is 8.82. The summed E-state index contributed by atoms with van der Waals surface area (Å²) in [5.74, 6) is -0.150. The van der Waals surface area contributed by atoms with Crippen LogP contribution in [0.5, 0.6) is 5.75 Å². The molecule has 1 aliphatic carbocycles. The van der Waals surface area contributed by atoms with E-state index in [1.807, 2.05) is 22.7 Å². The van der Waals surface area contributed by atoms with Gasteiger partial charge in [-0.1, -0.05) is 18.2 Å². The van der Waals surface area contributed by atoms with Crippen LogP contribution in [0.1, 0.15) is 35.4 Å². The van der Waals surface area contributed by atoms with Gasteiger partial charge in [-0.25, -0.2) is 18.4 Å². The monoisotopic (exact) mass is 485 g/mol. The zero-order valence-corrected chi connectivity index (χ0v) is 19.2. The Hall–Kier alpha value is -3.37. The molecule has 0 radical (unpaired) electrons. The second kappa shape index (κ2) is 8.44. The maximum absolute atomic E-state index is 13.1. The largest absolute Gasteiger partial charge is 0.435 e. The van der Waals surface area contributed by atoms with Crippen molar-refractivity contribution in [1.29, 1.82) is 0 Å². The first-order valence-electron chi connectivity index (χ1n) is 10.5. The number of rotatable bonds is 6. The molecule has 1 aliphatic rings. The third-order valence-electron chi connectivity index (χ3n) is 6.01. The molecule has 0 amide bonds. The zero-order valence-electron chi connectivity index (χ0n) is 18.4. The fraction of sp³-hybridized carbons (Fsp3) is 0.250. The Labute approximate surface area is 194 Å². The quantitative estimate of drug-likeness (QED) is 0.396. The van der Waals surface area contributed by atoms with Gasteiger partial charge in [0.25, 0.3) is 0 Å². The van der Waals surface area contributed by atoms with Gasteiger partial charge in [0.05, 0.1) is 11.4 Å². The average Bonchev–Trinajstić information content (AvgIpc) is 3.35. The van der Waals surface area contributed by atoms with Gasteiger partial charge in [-0.15, -0.1) is 0 Å². The predicted molar refractivity (Wildman–Crippen MR) is 121 cm³/mol. The highest BCUT2D eigenvalue weighted by Gasteiger charge is 2.38. The van der Waals surface area contributed by atoms with E-state index in [9.17, 15) is 17.2 Å². The third kappa shape index (κ3) is 3.92. The predicted octanol–water partition coefficient (Wildman–Crippen LogP) is 4.62. The van der Waals surface area contributed by atoms with E-state index < -0.39 is 16.4 Å². The Morgan fingerprint density at radius 3 is 2.53 bits per heavy atom. The Morgan fingerprint density at radius 2 is 1.85 bits per heavy atom. The van der Waals surface area contributed by atoms with Gasteiger partial charge in [0.2, 0.25) is 0 Å². The lowest BCUT2D eigenvalue weighted by Crippen LogP contribution is -2.08. The van der Waals surface area contributed by atoms with E-state index in [0.29, 0.717) is 17.6 Å². The Morgan fingerprint density at radius 1 is 1.09 bits per heavy atom. The molecule has 176 valence electrons. The number of hydrogen-bond acceptors (Lipinski definition) is 6. The lowest BCUT2D eigenvalue weighted by Gasteiger charge is -2.18. The second-order valence-electron chi connectivity index (χ2n) is 8.11. The summed E-state index contributed by atoms with van der Waals surface area (Å²) < 4.78 is 62.0. The van der Waals surface area contributed by atoms with Crippen molar-refractivity contribution in [2.75, 3.05) is 13.4 Å². The summed E-state index contributed by atoms with van der Waals surface area (Å²) >= 11 is 0. The summed E-state index contributed by atoms with van der Waals surface area (Å²) in [7, 11) is -1.80. The topological polar surface area (TPSA) is 82.8 Å². The zero-order chi connectivity index (χ0) is 24.0. The number of benzene rings is 1. The van der Waals surface area contributed by atoms with E-state index >= 15 is 0 Å². The number of ether oxygens (including phenoxy) is 2. The smallest absolute Gasteiger partial charge is 0.387 e. The van der Waals surface area contributed by atoms with E-state index in [4.69, 9.17) is 14.5 Å². The van der Waals surface area contributed by atoms with Crippen molar-refractivity contribution in [3.05, 3.63) is 77.9 Å². The van der Waals surface area contributed by atoms with Gasteiger partial charge in [0, 0.05) is 48.4 Å². The molecule has 0 saturated heterocycles. The van der Waals surface area contributed by atoms with Crippen LogP contribution in [-0.4, -0.2) is 42.8 Å². The Kier molecular flexibility index (Phi) is 5.57. The van der Waals surface area contributed by atoms with E-state index in [-0.39, 0.29) is 22.8 Å². The van der Waals surface area contributed by atoms with Gasteiger partial charge in [0.1, 0.15) is 17.5 Å². The maximum Gasteiger partial charge on any atom is 0.387 e. The number of halogens is 2. The molecule has 0 spiro atoms. The molecule has 2 atom stereocenters. The molecule has 3 aromatic heterocycles. The van der Waals surface area contributed by atoms with E-state index in [1.54, 1.807) is 31.4 Å². The minimum absolute atomic E-state index is 0.000474. The summed E-state index contributed by atoms with van der Waals surface area (Å²) in [6, 6.07) is 13.6. The normalized spacial score (nSPS) is 17.9. The van der Waals surface area contributed by atoms with Crippen LogP contribution in [0.4, 0.5) is 8.78 Å². The van der Waals surface area contributed by atoms with Crippen molar-refractivity contribution >= 4 is 15.5 Å². The van der Waals surface area contributed by atoms with Crippen LogP contribution >= 0.6 is 0 Å². The van der Waals surface area contributed by atoms with Crippen LogP contribution in [0.3, 0.4) is 0 Å². The molecule has 0 aliphatic heterocycles. The van der Waals surface area contributed by atoms with Gasteiger partial charge >= 0.3 is 6.61 Å². The van der Waals surface area contributed by atoms with Crippen LogP contribution in [0, 0.1) is 0 Å². The molecule has 1 aromatic carbocycles. The number of nitrogens with zero attached hydrogens (tertiary/aromatic N) is 3. The van der Waals surface area contributed by atoms with Crippen LogP contribution in [0.25, 0.3) is 16.8 Å². The van der Waals surface area contributed by atoms with Gasteiger partial charge in [-0.2, -0.15) is 8.78 Å². The highest BCUT2D eigenvalue weighted by Crippen LogP contribution is 2.48. The van der Waals surface area contributed by atoms with Gasteiger partial charge in [-0.05, 0) is 36.8 Å². The minimum atomic E-state index is -3.40. The lowest BCUT2D eigenvalue weighted by molar-refractivity contribution is -0.0506. The highest BCUT2D eigenvalue weighted by molar-refractivity contribution is 7.90. The second-order valence-corrected chi connectivity index (χ2v) is 10.1. The van der Waals surface area contributed by atoms with Crippen molar-refractivity contribution in [2.45, 2.75) is 30.1 Å². The first kappa shape index (κ1) is 22.4. The number of sulfone groups is 1. The fourth-order valence-corrected chi connectivity index (χ4v) is 5.06. The average molecular weight is 486 g/mol. The number of para-hydroxylation sites is 1. The minimum Gasteiger partial charge on any atom is -0.435 e. The molecule has 5 rings (SSSR count). The molecule has 4 aromatic rings. The van der Waals surface area contributed by atoms with E-state index in [0.717, 1.165) is 28.8 Å². The van der Waals surface area contributed by atoms with E-state index in [1.165, 1.54) is 18.3 Å². The lowest BCUT2D eigenvalue weighted by atomic mass is 9.95. The number of alkyl halides is 2. The van der Waals surface area contributed by atoms with Gasteiger partial charge < -0.3 is 13.9 Å². The molecular weight excluding hydrogens is 464 g/mol. The molecule has 0 fully saturated rings. The van der Waals surface area contributed by atoms with Crippen LogP contribution in [0.15, 0.2) is 66.0 Å². The van der Waals surface area contributed by atoms with Gasteiger partial charge in [0.15, 0.2) is 14.9 Å². The van der Waals surface area contributed by atoms with Crippen molar-refractivity contribution < 1.29 is 26.7 Å². The standard InChI is InChI=1S/C24H21F2N3O4S/c1-32-19-11-17(16-5-3-4-6-18(16)33-24(25)26)23-22(19)28-20-9-7-15(13-29(20)23)14-8-10-21(27-12-14)34(2,30)31/h3-10,12-13,17,19,24H,11H2,1-2H3. The molecule has 2 unspecified atom stereocenters. The number of fused-ring (bicyclic) bond motifs is 3. The third-order valence-corrected chi connectivity index (χ3v) is 7.01. The molecule has 0 N–H and O–H groups in total. The van der Waals surface area contributed by atoms with Crippen molar-refractivity contribution in [1.82, 2.24) is 14.4 Å². The summed E-state index contributed by atoms with van der Waals surface area (Å²) in [6.45, 7) is -2.93. The SMILES string of the molecule is COC1CC(c2ccccc2OC(F)F)c2c1nc1ccc(-c3ccc(S(C)(=O)=O)nc3)cn21. The van der Waals surface area contributed by atoms with Crippen LogP contribution < -0.4 is 4.74 Å². The molecular formula is C24H21F2N3O4S. The first-order chi connectivity index (χ1) is 16.3. The number of imidazole rings is 1. The Balaban J connectivity index is 1.63. The summed E-state index contributed by atoms with van der Waals surface area (Å²) in [5.41, 5.74) is 4.45. The van der Waals surface area contributed by atoms with Crippen LogP contribution in [-0.2, 0) is 14.6 Å². The van der Waals surface area contributed by atoms with Crippen molar-refractivity contribution in [3.8, 4) is 16.9 Å². The number of pyridine rings is 2. The van der Waals surface area contributed by atoms with Crippen molar-refractivity contribution in [3.63, 3.8) is 0 Å². The molecule has 7 nitrogen and oxygen atoms in total. The number of hydrogen-bond donors (Lipinski definition) is 0. The molecule has 3 heterocycles. The summed E-state index contributed by atoms with van der Waals surface area (Å²) in [5, 5.41) is -0.000474. The van der Waals surface area contributed by atoms with Crippen molar-refractivity contribution in [2.24, 2.45) is 0 Å². The van der Waals surface area contributed by atoms with Crippen LogP contribution in [0.2, 0.25) is 0 Å².